The third-order valence-electron chi connectivity index (χ3n) is 2.86. The van der Waals surface area contributed by atoms with E-state index in [9.17, 15) is 13.2 Å². The molecule has 0 aliphatic heterocycles. The number of hydrogen-bond donors (Lipinski definition) is 1. The van der Waals surface area contributed by atoms with E-state index in [1.165, 1.54) is 0 Å². The lowest BCUT2D eigenvalue weighted by molar-refractivity contribution is -0.137. The van der Waals surface area contributed by atoms with Gasteiger partial charge < -0.3 is 5.32 Å². The second-order valence-electron chi connectivity index (χ2n) is 4.38. The van der Waals surface area contributed by atoms with Gasteiger partial charge in [0.25, 0.3) is 0 Å². The number of anilines is 1. The van der Waals surface area contributed by atoms with Gasteiger partial charge >= 0.3 is 6.18 Å². The summed E-state index contributed by atoms with van der Waals surface area (Å²) in [5, 5.41) is 2.99. The molecule has 106 valence electrons. The number of benzene rings is 1. The molecule has 0 spiro atoms. The fourth-order valence-electron chi connectivity index (χ4n) is 1.73. The summed E-state index contributed by atoms with van der Waals surface area (Å²) in [6.07, 6.45) is -0.977. The van der Waals surface area contributed by atoms with E-state index < -0.39 is 11.7 Å². The van der Waals surface area contributed by atoms with Gasteiger partial charge in [-0.25, -0.2) is 0 Å². The van der Waals surface area contributed by atoms with Gasteiger partial charge in [0.05, 0.1) is 5.56 Å². The normalized spacial score (nSPS) is 11.4. The summed E-state index contributed by atoms with van der Waals surface area (Å²) < 4.78 is 38.5. The summed E-state index contributed by atoms with van der Waals surface area (Å²) in [4.78, 5) is 4.00. The number of nitrogens with one attached hydrogen (secondary N) is 1. The molecule has 0 saturated heterocycles. The maximum atomic E-state index is 12.7. The highest BCUT2D eigenvalue weighted by molar-refractivity contribution is 9.10. The number of nitrogens with zero attached hydrogens (tertiary/aromatic N) is 1. The molecular weight excluding hydrogens is 333 g/mol. The Kier molecular flexibility index (Phi) is 4.32. The van der Waals surface area contributed by atoms with E-state index in [4.69, 9.17) is 0 Å². The van der Waals surface area contributed by atoms with Crippen LogP contribution in [0, 0.1) is 6.92 Å². The number of alkyl halides is 3. The van der Waals surface area contributed by atoms with E-state index in [0.717, 1.165) is 23.3 Å². The summed E-state index contributed by atoms with van der Waals surface area (Å²) in [5.41, 5.74) is 1.71. The molecule has 2 aromatic rings. The SMILES string of the molecule is Cc1ccncc1CNc1cc(Br)cc(C(F)(F)F)c1. The Labute approximate surface area is 123 Å². The van der Waals surface area contributed by atoms with Crippen LogP contribution in [-0.4, -0.2) is 4.98 Å². The number of halogens is 4. The van der Waals surface area contributed by atoms with Gasteiger partial charge in [0.1, 0.15) is 0 Å². The highest BCUT2D eigenvalue weighted by atomic mass is 79.9. The Morgan fingerprint density at radius 2 is 2.00 bits per heavy atom. The lowest BCUT2D eigenvalue weighted by atomic mass is 10.1. The molecule has 0 unspecified atom stereocenters. The Morgan fingerprint density at radius 3 is 2.65 bits per heavy atom. The standard InChI is InChI=1S/C14H12BrF3N2/c1-9-2-3-19-7-10(9)8-20-13-5-11(14(16,17)18)4-12(15)6-13/h2-7,20H,8H2,1H3. The van der Waals surface area contributed by atoms with E-state index >= 15 is 0 Å². The van der Waals surface area contributed by atoms with Crippen LogP contribution in [0.4, 0.5) is 18.9 Å². The van der Waals surface area contributed by atoms with Gasteiger partial charge in [0, 0.05) is 29.1 Å². The van der Waals surface area contributed by atoms with Gasteiger partial charge in [-0.05, 0) is 42.3 Å². The molecule has 0 fully saturated rings. The largest absolute Gasteiger partial charge is 0.416 e. The molecule has 0 amide bonds. The molecule has 0 aliphatic carbocycles. The van der Waals surface area contributed by atoms with Gasteiger partial charge in [-0.1, -0.05) is 15.9 Å². The minimum absolute atomic E-state index is 0.387. The van der Waals surface area contributed by atoms with Crippen molar-refractivity contribution in [1.29, 1.82) is 0 Å². The molecular formula is C14H12BrF3N2. The van der Waals surface area contributed by atoms with Crippen molar-refractivity contribution in [1.82, 2.24) is 4.98 Å². The zero-order chi connectivity index (χ0) is 14.8. The highest BCUT2D eigenvalue weighted by Crippen LogP contribution is 2.33. The van der Waals surface area contributed by atoms with Crippen molar-refractivity contribution in [3.8, 4) is 0 Å². The van der Waals surface area contributed by atoms with E-state index in [0.29, 0.717) is 16.7 Å². The Morgan fingerprint density at radius 1 is 1.25 bits per heavy atom. The Bertz CT molecular complexity index is 612. The molecule has 1 heterocycles. The van der Waals surface area contributed by atoms with E-state index in [-0.39, 0.29) is 0 Å². The number of pyridine rings is 1. The molecule has 20 heavy (non-hydrogen) atoms. The molecule has 0 aliphatic rings. The smallest absolute Gasteiger partial charge is 0.381 e. The molecule has 1 N–H and O–H groups in total. The van der Waals surface area contributed by atoms with Crippen molar-refractivity contribution in [2.75, 3.05) is 5.32 Å². The van der Waals surface area contributed by atoms with Crippen LogP contribution in [0.1, 0.15) is 16.7 Å². The molecule has 1 aromatic heterocycles. The monoisotopic (exact) mass is 344 g/mol. The third kappa shape index (κ3) is 3.72. The second kappa shape index (κ2) is 5.83. The van der Waals surface area contributed by atoms with Gasteiger partial charge in [0.15, 0.2) is 0 Å². The summed E-state index contributed by atoms with van der Waals surface area (Å²) in [5.74, 6) is 0. The molecule has 6 heteroatoms. The molecule has 1 aromatic carbocycles. The quantitative estimate of drug-likeness (QED) is 0.866. The summed E-state index contributed by atoms with van der Waals surface area (Å²) in [7, 11) is 0. The maximum Gasteiger partial charge on any atom is 0.416 e. The fraction of sp³-hybridized carbons (Fsp3) is 0.214. The maximum absolute atomic E-state index is 12.7. The van der Waals surface area contributed by atoms with E-state index in [2.05, 4.69) is 26.2 Å². The average molecular weight is 345 g/mol. The first-order chi connectivity index (χ1) is 9.36. The van der Waals surface area contributed by atoms with Gasteiger partial charge in [-0.15, -0.1) is 0 Å². The minimum atomic E-state index is -4.36. The predicted octanol–water partition coefficient (Wildman–Crippen LogP) is 4.78. The van der Waals surface area contributed by atoms with Crippen LogP contribution < -0.4 is 5.32 Å². The van der Waals surface area contributed by atoms with E-state index in [1.807, 2.05) is 13.0 Å². The van der Waals surface area contributed by atoms with Crippen molar-refractivity contribution in [3.63, 3.8) is 0 Å². The van der Waals surface area contributed by atoms with Crippen molar-refractivity contribution >= 4 is 21.6 Å². The molecule has 0 bridgehead atoms. The molecule has 2 nitrogen and oxygen atoms in total. The van der Waals surface area contributed by atoms with Crippen LogP contribution in [0.2, 0.25) is 0 Å². The lowest BCUT2D eigenvalue weighted by Crippen LogP contribution is -2.07. The summed E-state index contributed by atoms with van der Waals surface area (Å²) >= 11 is 3.09. The highest BCUT2D eigenvalue weighted by Gasteiger charge is 2.31. The van der Waals surface area contributed by atoms with Crippen LogP contribution in [0.3, 0.4) is 0 Å². The number of hydrogen-bond acceptors (Lipinski definition) is 2. The van der Waals surface area contributed by atoms with E-state index in [1.54, 1.807) is 18.5 Å². The van der Waals surface area contributed by atoms with Crippen LogP contribution in [0.25, 0.3) is 0 Å². The first-order valence-corrected chi connectivity index (χ1v) is 6.67. The average Bonchev–Trinajstić information content (AvgIpc) is 2.36. The summed E-state index contributed by atoms with van der Waals surface area (Å²) in [6.45, 7) is 2.36. The van der Waals surface area contributed by atoms with Gasteiger partial charge in [-0.2, -0.15) is 13.2 Å². The van der Waals surface area contributed by atoms with Crippen LogP contribution >= 0.6 is 15.9 Å². The minimum Gasteiger partial charge on any atom is -0.381 e. The Balaban J connectivity index is 2.18. The zero-order valence-electron chi connectivity index (χ0n) is 10.6. The first-order valence-electron chi connectivity index (χ1n) is 5.87. The van der Waals surface area contributed by atoms with Crippen LogP contribution in [0.15, 0.2) is 41.1 Å². The summed E-state index contributed by atoms with van der Waals surface area (Å²) in [6, 6.07) is 5.62. The van der Waals surface area contributed by atoms with Crippen molar-refractivity contribution in [2.24, 2.45) is 0 Å². The Hall–Kier alpha value is -1.56. The molecule has 2 rings (SSSR count). The molecule has 0 radical (unpaired) electrons. The topological polar surface area (TPSA) is 24.9 Å². The van der Waals surface area contributed by atoms with Gasteiger partial charge in [0.2, 0.25) is 0 Å². The van der Waals surface area contributed by atoms with Crippen molar-refractivity contribution in [2.45, 2.75) is 19.6 Å². The molecule has 0 saturated carbocycles. The number of rotatable bonds is 3. The first kappa shape index (κ1) is 14.8. The van der Waals surface area contributed by atoms with Crippen LogP contribution in [0.5, 0.6) is 0 Å². The number of aromatic nitrogens is 1. The van der Waals surface area contributed by atoms with Gasteiger partial charge in [-0.3, -0.25) is 4.98 Å². The lowest BCUT2D eigenvalue weighted by Gasteiger charge is -2.12. The zero-order valence-corrected chi connectivity index (χ0v) is 12.2. The predicted molar refractivity (Wildman–Crippen MR) is 75.4 cm³/mol. The van der Waals surface area contributed by atoms with Crippen molar-refractivity contribution < 1.29 is 13.2 Å². The third-order valence-corrected chi connectivity index (χ3v) is 3.31. The molecule has 0 atom stereocenters. The van der Waals surface area contributed by atoms with Crippen molar-refractivity contribution in [3.05, 3.63) is 57.8 Å². The second-order valence-corrected chi connectivity index (χ2v) is 5.30. The van der Waals surface area contributed by atoms with Crippen LogP contribution in [-0.2, 0) is 12.7 Å². The number of aryl methyl sites for hydroxylation is 1. The fourth-order valence-corrected chi connectivity index (χ4v) is 2.23.